The zero-order valence-corrected chi connectivity index (χ0v) is 17.4. The number of hydrogen-bond donors (Lipinski definition) is 0. The summed E-state index contributed by atoms with van der Waals surface area (Å²) in [4.78, 5) is 0. The van der Waals surface area contributed by atoms with E-state index in [-0.39, 0.29) is 47.0 Å². The Morgan fingerprint density at radius 2 is 1.55 bits per heavy atom. The summed E-state index contributed by atoms with van der Waals surface area (Å²) in [7, 11) is 0. The number of hydrogen-bond acceptors (Lipinski definition) is 2. The first kappa shape index (κ1) is 26.3. The van der Waals surface area contributed by atoms with Gasteiger partial charge in [-0.2, -0.15) is 13.3 Å². The van der Waals surface area contributed by atoms with E-state index in [1.807, 2.05) is 0 Å². The third-order valence-electron chi connectivity index (χ3n) is 3.18. The molecule has 0 aliphatic heterocycles. The molecular formula is C16H33IMgO2. The van der Waals surface area contributed by atoms with Crippen LogP contribution in [0.15, 0.2) is 0 Å². The molecule has 1 atom stereocenters. The minimum absolute atomic E-state index is 0. The summed E-state index contributed by atoms with van der Waals surface area (Å²) in [6, 6.07) is 0. The van der Waals surface area contributed by atoms with Crippen LogP contribution in [0.3, 0.4) is 0 Å². The standard InChI is InChI=1S/C16H33O2.HI.Mg/c1-4-6-7-8-9-13-17-15-18-14-10-12-16(3)11-5-2;;/h5,16H,4,6-15H2,1-3H3;1H;/q-1;;+2/p-1. The molecular weight excluding hydrogens is 375 g/mol. The molecule has 1 unspecified atom stereocenters. The third kappa shape index (κ3) is 21.7. The first-order chi connectivity index (χ1) is 8.81. The average molecular weight is 409 g/mol. The smallest absolute Gasteiger partial charge is 1.00 e. The molecule has 0 spiro atoms. The first-order valence-corrected chi connectivity index (χ1v) is 7.74. The molecule has 0 aliphatic rings. The molecule has 0 bridgehead atoms. The van der Waals surface area contributed by atoms with Gasteiger partial charge in [-0.15, -0.1) is 0 Å². The topological polar surface area (TPSA) is 18.5 Å². The Morgan fingerprint density at radius 3 is 2.15 bits per heavy atom. The fourth-order valence-corrected chi connectivity index (χ4v) is 2.04. The fourth-order valence-electron chi connectivity index (χ4n) is 2.04. The van der Waals surface area contributed by atoms with E-state index in [1.54, 1.807) is 0 Å². The Hall–Kier alpha value is 1.42. The predicted octanol–water partition coefficient (Wildman–Crippen LogP) is 1.60. The molecule has 0 aliphatic carbocycles. The van der Waals surface area contributed by atoms with Gasteiger partial charge in [-0.3, -0.25) is 0 Å². The molecule has 20 heavy (non-hydrogen) atoms. The molecule has 0 heterocycles. The average Bonchev–Trinajstić information content (AvgIpc) is 2.36. The van der Waals surface area contributed by atoms with Crippen molar-refractivity contribution < 1.29 is 33.5 Å². The molecule has 0 saturated heterocycles. The van der Waals surface area contributed by atoms with Crippen LogP contribution in [0.1, 0.15) is 72.1 Å². The van der Waals surface area contributed by atoms with Gasteiger partial charge in [0.25, 0.3) is 0 Å². The van der Waals surface area contributed by atoms with E-state index in [1.165, 1.54) is 44.9 Å². The molecule has 0 saturated carbocycles. The summed E-state index contributed by atoms with van der Waals surface area (Å²) in [5, 5.41) is 0. The first-order valence-electron chi connectivity index (χ1n) is 7.74. The van der Waals surface area contributed by atoms with E-state index < -0.39 is 0 Å². The van der Waals surface area contributed by atoms with Gasteiger partial charge in [0.2, 0.25) is 0 Å². The Labute approximate surface area is 160 Å². The maximum atomic E-state index is 5.46. The number of ether oxygens (including phenoxy) is 2. The van der Waals surface area contributed by atoms with Crippen LogP contribution in [0, 0.1) is 12.3 Å². The Kier molecular flexibility index (Phi) is 29.9. The monoisotopic (exact) mass is 408 g/mol. The predicted molar refractivity (Wildman–Crippen MR) is 84.3 cm³/mol. The van der Waals surface area contributed by atoms with Gasteiger partial charge in [0, 0.05) is 13.2 Å². The van der Waals surface area contributed by atoms with Crippen LogP contribution < -0.4 is 24.0 Å². The van der Waals surface area contributed by atoms with E-state index in [9.17, 15) is 0 Å². The largest absolute Gasteiger partial charge is 2.00 e. The molecule has 4 heteroatoms. The zero-order chi connectivity index (χ0) is 13.5. The molecule has 0 aromatic carbocycles. The number of halogens is 1. The molecule has 0 aromatic rings. The van der Waals surface area contributed by atoms with Crippen molar-refractivity contribution in [2.75, 3.05) is 20.0 Å². The molecule has 2 nitrogen and oxygen atoms in total. The minimum atomic E-state index is 0. The van der Waals surface area contributed by atoms with Gasteiger partial charge in [-0.05, 0) is 12.8 Å². The van der Waals surface area contributed by atoms with E-state index in [2.05, 4.69) is 27.2 Å². The number of rotatable bonds is 14. The van der Waals surface area contributed by atoms with Gasteiger partial charge in [0.1, 0.15) is 6.79 Å². The van der Waals surface area contributed by atoms with Crippen LogP contribution in [0.4, 0.5) is 0 Å². The second-order valence-electron chi connectivity index (χ2n) is 5.24. The van der Waals surface area contributed by atoms with Gasteiger partial charge in [-0.25, -0.2) is 0 Å². The molecule has 118 valence electrons. The summed E-state index contributed by atoms with van der Waals surface area (Å²) >= 11 is 0. The van der Waals surface area contributed by atoms with Gasteiger partial charge in [0.15, 0.2) is 0 Å². The summed E-state index contributed by atoms with van der Waals surface area (Å²) < 4.78 is 10.9. The van der Waals surface area contributed by atoms with Crippen LogP contribution >= 0.6 is 0 Å². The van der Waals surface area contributed by atoms with Gasteiger partial charge < -0.3 is 39.9 Å². The Morgan fingerprint density at radius 1 is 0.950 bits per heavy atom. The summed E-state index contributed by atoms with van der Waals surface area (Å²) in [5.41, 5.74) is 0. The fraction of sp³-hybridized carbons (Fsp3) is 0.938. The summed E-state index contributed by atoms with van der Waals surface area (Å²) in [5.74, 6) is 0.790. The van der Waals surface area contributed by atoms with Crippen LogP contribution in [0.5, 0.6) is 0 Å². The van der Waals surface area contributed by atoms with E-state index in [0.29, 0.717) is 6.79 Å². The van der Waals surface area contributed by atoms with Crippen LogP contribution in [-0.2, 0) is 9.47 Å². The van der Waals surface area contributed by atoms with Crippen LogP contribution in [-0.4, -0.2) is 43.1 Å². The van der Waals surface area contributed by atoms with Crippen LogP contribution in [0.25, 0.3) is 0 Å². The van der Waals surface area contributed by atoms with Crippen molar-refractivity contribution in [3.63, 3.8) is 0 Å². The Balaban J connectivity index is -0.00000144. The van der Waals surface area contributed by atoms with E-state index in [0.717, 1.165) is 25.6 Å². The van der Waals surface area contributed by atoms with Crippen molar-refractivity contribution in [1.29, 1.82) is 0 Å². The molecule has 0 radical (unpaired) electrons. The summed E-state index contributed by atoms with van der Waals surface area (Å²) in [6.45, 7) is 8.83. The van der Waals surface area contributed by atoms with Gasteiger partial charge >= 0.3 is 23.1 Å². The van der Waals surface area contributed by atoms with E-state index >= 15 is 0 Å². The minimum Gasteiger partial charge on any atom is -1.00 e. The molecule has 0 fully saturated rings. The molecule has 0 N–H and O–H groups in total. The summed E-state index contributed by atoms with van der Waals surface area (Å²) in [6.07, 6.45) is 12.3. The van der Waals surface area contributed by atoms with E-state index in [4.69, 9.17) is 9.47 Å². The maximum Gasteiger partial charge on any atom is 2.00 e. The van der Waals surface area contributed by atoms with Crippen LogP contribution in [0.2, 0.25) is 0 Å². The maximum absolute atomic E-state index is 5.46. The zero-order valence-electron chi connectivity index (χ0n) is 13.8. The van der Waals surface area contributed by atoms with Gasteiger partial charge in [-0.1, -0.05) is 51.9 Å². The van der Waals surface area contributed by atoms with Crippen molar-refractivity contribution in [3.8, 4) is 0 Å². The second kappa shape index (κ2) is 22.7. The number of unbranched alkanes of at least 4 members (excludes halogenated alkanes) is 4. The molecule has 0 amide bonds. The Bertz CT molecular complexity index is 159. The normalized spacial score (nSPS) is 11.6. The van der Waals surface area contributed by atoms with Crippen molar-refractivity contribution in [2.24, 2.45) is 5.92 Å². The second-order valence-corrected chi connectivity index (χ2v) is 5.24. The van der Waals surface area contributed by atoms with Gasteiger partial charge in [0.05, 0.1) is 0 Å². The third-order valence-corrected chi connectivity index (χ3v) is 3.18. The quantitative estimate of drug-likeness (QED) is 0.143. The molecule has 0 rings (SSSR count). The van der Waals surface area contributed by atoms with Crippen molar-refractivity contribution >= 4 is 23.1 Å². The van der Waals surface area contributed by atoms with Crippen molar-refractivity contribution in [2.45, 2.75) is 72.1 Å². The SMILES string of the molecule is C[CH-]CC(C)CCCOCOCCCCCCC.[I-].[Mg+2]. The molecule has 0 aromatic heterocycles. The van der Waals surface area contributed by atoms with Crippen molar-refractivity contribution in [1.82, 2.24) is 0 Å². The van der Waals surface area contributed by atoms with Crippen molar-refractivity contribution in [3.05, 3.63) is 6.42 Å².